The topological polar surface area (TPSA) is 9.23 Å². The minimum absolute atomic E-state index is 0.582. The predicted molar refractivity (Wildman–Crippen MR) is 138 cm³/mol. The summed E-state index contributed by atoms with van der Waals surface area (Å²) < 4.78 is 6.10. The fraction of sp³-hybridized carbons (Fsp3) is 0.677. The van der Waals surface area contributed by atoms with Gasteiger partial charge in [0.2, 0.25) is 0 Å². The van der Waals surface area contributed by atoms with Gasteiger partial charge in [0, 0.05) is 5.92 Å². The molecule has 176 valence electrons. The van der Waals surface area contributed by atoms with Crippen molar-refractivity contribution >= 4 is 0 Å². The number of aryl methyl sites for hydroxylation is 1. The van der Waals surface area contributed by atoms with Crippen LogP contribution in [0.2, 0.25) is 0 Å². The van der Waals surface area contributed by atoms with Gasteiger partial charge in [-0.25, -0.2) is 0 Å². The summed E-state index contributed by atoms with van der Waals surface area (Å²) in [7, 11) is 0. The summed E-state index contributed by atoms with van der Waals surface area (Å²) in [5.74, 6) is 11.0. The number of ether oxygens (including phenoxy) is 1. The molecule has 0 spiro atoms. The highest BCUT2D eigenvalue weighted by molar-refractivity contribution is 5.27. The van der Waals surface area contributed by atoms with Crippen LogP contribution in [0.25, 0.3) is 0 Å². The van der Waals surface area contributed by atoms with E-state index in [1.807, 2.05) is 0 Å². The van der Waals surface area contributed by atoms with E-state index >= 15 is 0 Å². The molecular formula is C31H46O. The van der Waals surface area contributed by atoms with Crippen LogP contribution in [0.1, 0.15) is 103 Å². The van der Waals surface area contributed by atoms with Crippen molar-refractivity contribution < 1.29 is 4.74 Å². The lowest BCUT2D eigenvalue weighted by atomic mass is 9.80. The summed E-state index contributed by atoms with van der Waals surface area (Å²) in [6.45, 7) is 5.43. The van der Waals surface area contributed by atoms with Crippen LogP contribution >= 0.6 is 0 Å². The maximum absolute atomic E-state index is 6.10. The van der Waals surface area contributed by atoms with Crippen LogP contribution in [0, 0.1) is 35.5 Å². The molecule has 2 fully saturated rings. The normalized spacial score (nSPS) is 25.9. The monoisotopic (exact) mass is 434 g/mol. The minimum atomic E-state index is 0.582. The van der Waals surface area contributed by atoms with Gasteiger partial charge in [0.25, 0.3) is 0 Å². The zero-order valence-electron chi connectivity index (χ0n) is 20.8. The highest BCUT2D eigenvalue weighted by Crippen LogP contribution is 2.32. The van der Waals surface area contributed by atoms with E-state index in [0.717, 1.165) is 24.2 Å². The molecule has 1 aromatic rings. The highest BCUT2D eigenvalue weighted by atomic mass is 16.5. The van der Waals surface area contributed by atoms with Crippen LogP contribution < -0.4 is 4.74 Å². The Hall–Kier alpha value is -1.68. The fourth-order valence-electron chi connectivity index (χ4n) is 5.45. The van der Waals surface area contributed by atoms with Gasteiger partial charge in [-0.1, -0.05) is 69.6 Å². The summed E-state index contributed by atoms with van der Waals surface area (Å²) in [5.41, 5.74) is 1.43. The molecule has 0 N–H and O–H groups in total. The second kappa shape index (κ2) is 14.5. The lowest BCUT2D eigenvalue weighted by molar-refractivity contribution is 0.196. The average Bonchev–Trinajstić information content (AvgIpc) is 2.83. The molecule has 0 atom stereocenters. The van der Waals surface area contributed by atoms with Crippen molar-refractivity contribution in [2.75, 3.05) is 6.61 Å². The quantitative estimate of drug-likeness (QED) is 0.264. The molecule has 0 radical (unpaired) electrons. The molecule has 1 nitrogen and oxygen atoms in total. The molecule has 1 heteroatoms. The van der Waals surface area contributed by atoms with Crippen molar-refractivity contribution in [3.05, 3.63) is 42.0 Å². The predicted octanol–water partition coefficient (Wildman–Crippen LogP) is 8.77. The molecule has 2 aliphatic rings. The Kier molecular flexibility index (Phi) is 11.3. The Morgan fingerprint density at radius 1 is 0.844 bits per heavy atom. The van der Waals surface area contributed by atoms with E-state index in [2.05, 4.69) is 62.1 Å². The Balaban J connectivity index is 1.29. The lowest BCUT2D eigenvalue weighted by Crippen LogP contribution is -2.19. The van der Waals surface area contributed by atoms with E-state index in [1.54, 1.807) is 0 Å². The van der Waals surface area contributed by atoms with Crippen LogP contribution in [-0.4, -0.2) is 6.61 Å². The molecule has 1 aromatic carbocycles. The van der Waals surface area contributed by atoms with Crippen molar-refractivity contribution in [3.63, 3.8) is 0 Å². The molecule has 3 rings (SSSR count). The van der Waals surface area contributed by atoms with Gasteiger partial charge in [-0.05, 0) is 106 Å². The molecule has 0 aromatic heterocycles. The maximum Gasteiger partial charge on any atom is 0.119 e. The first-order chi connectivity index (χ1) is 15.8. The van der Waals surface area contributed by atoms with Crippen LogP contribution in [0.5, 0.6) is 5.75 Å². The summed E-state index contributed by atoms with van der Waals surface area (Å²) in [4.78, 5) is 0. The number of allylic oxidation sites excluding steroid dienone is 2. The van der Waals surface area contributed by atoms with Gasteiger partial charge in [0.1, 0.15) is 5.75 Å². The lowest BCUT2D eigenvalue weighted by Gasteiger charge is -2.26. The van der Waals surface area contributed by atoms with E-state index in [0.29, 0.717) is 11.8 Å². The molecule has 0 heterocycles. The summed E-state index contributed by atoms with van der Waals surface area (Å²) in [6, 6.07) is 8.78. The summed E-state index contributed by atoms with van der Waals surface area (Å²) in [6.07, 6.45) is 22.9. The molecule has 0 bridgehead atoms. The van der Waals surface area contributed by atoms with E-state index in [-0.39, 0.29) is 0 Å². The van der Waals surface area contributed by atoms with E-state index < -0.39 is 0 Å². The summed E-state index contributed by atoms with van der Waals surface area (Å²) in [5, 5.41) is 0. The Morgan fingerprint density at radius 2 is 1.56 bits per heavy atom. The van der Waals surface area contributed by atoms with Crippen molar-refractivity contribution in [2.24, 2.45) is 23.7 Å². The third-order valence-electron chi connectivity index (χ3n) is 7.65. The molecule has 2 saturated carbocycles. The van der Waals surface area contributed by atoms with Crippen molar-refractivity contribution in [1.29, 1.82) is 0 Å². The van der Waals surface area contributed by atoms with Gasteiger partial charge >= 0.3 is 0 Å². The van der Waals surface area contributed by atoms with E-state index in [1.165, 1.54) is 95.5 Å². The zero-order valence-corrected chi connectivity index (χ0v) is 20.8. The van der Waals surface area contributed by atoms with Crippen molar-refractivity contribution in [1.82, 2.24) is 0 Å². The largest absolute Gasteiger partial charge is 0.493 e. The molecular weight excluding hydrogens is 388 g/mol. The number of rotatable bonds is 10. The first-order valence-corrected chi connectivity index (χ1v) is 13.7. The van der Waals surface area contributed by atoms with Gasteiger partial charge < -0.3 is 4.74 Å². The second-order valence-corrected chi connectivity index (χ2v) is 10.3. The smallest absolute Gasteiger partial charge is 0.119 e. The van der Waals surface area contributed by atoms with Crippen molar-refractivity contribution in [2.45, 2.75) is 104 Å². The molecule has 0 saturated heterocycles. The third-order valence-corrected chi connectivity index (χ3v) is 7.65. The van der Waals surface area contributed by atoms with E-state index in [4.69, 9.17) is 4.74 Å². The van der Waals surface area contributed by atoms with E-state index in [9.17, 15) is 0 Å². The van der Waals surface area contributed by atoms with Crippen LogP contribution in [0.3, 0.4) is 0 Å². The van der Waals surface area contributed by atoms with Crippen LogP contribution in [0.4, 0.5) is 0 Å². The van der Waals surface area contributed by atoms with Gasteiger partial charge in [-0.3, -0.25) is 0 Å². The van der Waals surface area contributed by atoms with Gasteiger partial charge in [0.05, 0.1) is 6.61 Å². The molecule has 0 amide bonds. The Labute approximate surface area is 198 Å². The summed E-state index contributed by atoms with van der Waals surface area (Å²) >= 11 is 0. The first kappa shape index (κ1) is 25.0. The molecule has 2 aliphatic carbocycles. The number of hydrogen-bond donors (Lipinski definition) is 0. The van der Waals surface area contributed by atoms with Crippen LogP contribution in [0.15, 0.2) is 36.4 Å². The first-order valence-electron chi connectivity index (χ1n) is 13.7. The zero-order chi connectivity index (χ0) is 22.4. The number of hydrogen-bond acceptors (Lipinski definition) is 1. The maximum atomic E-state index is 6.10. The minimum Gasteiger partial charge on any atom is -0.493 e. The second-order valence-electron chi connectivity index (χ2n) is 10.3. The average molecular weight is 435 g/mol. The number of benzene rings is 1. The van der Waals surface area contributed by atoms with Gasteiger partial charge in [-0.15, -0.1) is 0 Å². The van der Waals surface area contributed by atoms with Gasteiger partial charge in [0.15, 0.2) is 0 Å². The molecule has 0 aliphatic heterocycles. The highest BCUT2D eigenvalue weighted by Gasteiger charge is 2.20. The molecule has 0 unspecified atom stereocenters. The molecule has 32 heavy (non-hydrogen) atoms. The Bertz CT molecular complexity index is 703. The van der Waals surface area contributed by atoms with Crippen molar-refractivity contribution in [3.8, 4) is 17.6 Å². The SMILES string of the molecule is CCCCCc1ccc(OCC2CCC(C#CC=CC3CCC(CCC)CC3)CC2)cc1. The fourth-order valence-corrected chi connectivity index (χ4v) is 5.45. The standard InChI is InChI=1S/C31H46O/c1-3-5-6-10-29-21-23-31(24-22-29)32-25-30-19-17-28(18-20-30)12-8-7-11-27-15-13-26(9-4-2)14-16-27/h7,11,21-24,26-28,30H,3-6,9-10,13-20,25H2,1-2H3. The van der Waals surface area contributed by atoms with Crippen LogP contribution in [-0.2, 0) is 6.42 Å². The third kappa shape index (κ3) is 9.05. The number of unbranched alkanes of at least 4 members (excludes halogenated alkanes) is 2. The Morgan fingerprint density at radius 3 is 2.25 bits per heavy atom. The van der Waals surface area contributed by atoms with Gasteiger partial charge in [-0.2, -0.15) is 0 Å².